The van der Waals surface area contributed by atoms with Crippen LogP contribution in [0.15, 0.2) is 48.5 Å². The maximum atomic E-state index is 12.5. The van der Waals surface area contributed by atoms with E-state index in [1.54, 1.807) is 7.11 Å². The van der Waals surface area contributed by atoms with Gasteiger partial charge in [-0.3, -0.25) is 4.79 Å². The average Bonchev–Trinajstić information content (AvgIpc) is 2.61. The van der Waals surface area contributed by atoms with Gasteiger partial charge in [0.15, 0.2) is 6.10 Å². The molecule has 0 saturated carbocycles. The summed E-state index contributed by atoms with van der Waals surface area (Å²) in [5.41, 5.74) is 2.18. The van der Waals surface area contributed by atoms with Gasteiger partial charge < -0.3 is 14.8 Å². The Bertz CT molecular complexity index is 650. The van der Waals surface area contributed by atoms with Crippen LogP contribution in [0.2, 0.25) is 0 Å². The van der Waals surface area contributed by atoms with E-state index in [2.05, 4.69) is 5.32 Å². The Hall–Kier alpha value is -2.49. The van der Waals surface area contributed by atoms with Crippen molar-refractivity contribution >= 4 is 5.91 Å². The summed E-state index contributed by atoms with van der Waals surface area (Å²) in [5, 5.41) is 3.01. The molecule has 0 aliphatic heterocycles. The van der Waals surface area contributed by atoms with E-state index < -0.39 is 6.10 Å². The summed E-state index contributed by atoms with van der Waals surface area (Å²) in [6, 6.07) is 15.3. The van der Waals surface area contributed by atoms with Crippen molar-refractivity contribution in [1.82, 2.24) is 5.32 Å². The van der Waals surface area contributed by atoms with E-state index in [9.17, 15) is 4.79 Å². The van der Waals surface area contributed by atoms with Gasteiger partial charge in [0.05, 0.1) is 13.2 Å². The molecule has 0 radical (unpaired) electrons. The number of hydrogen-bond acceptors (Lipinski definition) is 3. The maximum absolute atomic E-state index is 12.5. The lowest BCUT2D eigenvalue weighted by Gasteiger charge is -2.21. The van der Waals surface area contributed by atoms with Crippen molar-refractivity contribution in [3.63, 3.8) is 0 Å². The molecule has 0 aromatic heterocycles. The van der Waals surface area contributed by atoms with Crippen LogP contribution in [0.1, 0.15) is 37.4 Å². The summed E-state index contributed by atoms with van der Waals surface area (Å²) in [5.74, 6) is 1.40. The number of nitrogens with one attached hydrogen (secondary N) is 1. The van der Waals surface area contributed by atoms with Crippen molar-refractivity contribution < 1.29 is 14.3 Å². The molecule has 2 unspecified atom stereocenters. The first-order valence-corrected chi connectivity index (χ1v) is 8.21. The Balaban J connectivity index is 1.98. The zero-order valence-corrected chi connectivity index (χ0v) is 14.7. The fourth-order valence-electron chi connectivity index (χ4n) is 2.39. The highest BCUT2D eigenvalue weighted by Crippen LogP contribution is 2.19. The van der Waals surface area contributed by atoms with Gasteiger partial charge >= 0.3 is 0 Å². The molecule has 2 rings (SSSR count). The zero-order valence-electron chi connectivity index (χ0n) is 14.7. The van der Waals surface area contributed by atoms with Crippen LogP contribution in [0, 0.1) is 6.92 Å². The second kappa shape index (κ2) is 8.39. The molecule has 0 bridgehead atoms. The molecular weight excluding hydrogens is 302 g/mol. The fraction of sp³-hybridized carbons (Fsp3) is 0.350. The number of carbonyl (C=O) groups is 1. The predicted molar refractivity (Wildman–Crippen MR) is 95.4 cm³/mol. The van der Waals surface area contributed by atoms with Crippen LogP contribution in [0.25, 0.3) is 0 Å². The lowest BCUT2D eigenvalue weighted by Crippen LogP contribution is -2.39. The summed E-state index contributed by atoms with van der Waals surface area (Å²) in [6.45, 7) is 5.92. The largest absolute Gasteiger partial charge is 0.497 e. The number of hydrogen-bond donors (Lipinski definition) is 1. The van der Waals surface area contributed by atoms with Gasteiger partial charge in [-0.15, -0.1) is 0 Å². The molecule has 0 aliphatic carbocycles. The van der Waals surface area contributed by atoms with Gasteiger partial charge in [-0.05, 0) is 50.1 Å². The Labute approximate surface area is 143 Å². The fourth-order valence-corrected chi connectivity index (χ4v) is 2.39. The summed E-state index contributed by atoms with van der Waals surface area (Å²) in [4.78, 5) is 12.5. The van der Waals surface area contributed by atoms with E-state index in [4.69, 9.17) is 9.47 Å². The van der Waals surface area contributed by atoms with E-state index in [1.165, 1.54) is 0 Å². The first-order chi connectivity index (χ1) is 11.5. The molecule has 128 valence electrons. The van der Waals surface area contributed by atoms with Crippen LogP contribution in [-0.4, -0.2) is 19.1 Å². The lowest BCUT2D eigenvalue weighted by atomic mass is 10.1. The molecule has 0 aliphatic rings. The number of benzene rings is 2. The molecule has 0 spiro atoms. The van der Waals surface area contributed by atoms with E-state index >= 15 is 0 Å². The minimum atomic E-state index is -0.506. The molecule has 24 heavy (non-hydrogen) atoms. The molecular formula is C20H25NO3. The third kappa shape index (κ3) is 4.75. The standard InChI is InChI=1S/C20H25NO3/c1-5-19(24-18-10-6-14(2)7-11-18)20(22)21-15(3)16-8-12-17(23-4)13-9-16/h6-13,15,19H,5H2,1-4H3,(H,21,22). The Morgan fingerprint density at radius 3 is 2.17 bits per heavy atom. The van der Waals surface area contributed by atoms with E-state index in [0.29, 0.717) is 12.2 Å². The number of amides is 1. The molecule has 4 heteroatoms. The van der Waals surface area contributed by atoms with Crippen LogP contribution in [0.4, 0.5) is 0 Å². The van der Waals surface area contributed by atoms with Crippen LogP contribution in [0.5, 0.6) is 11.5 Å². The molecule has 0 heterocycles. The molecule has 0 saturated heterocycles. The Morgan fingerprint density at radius 1 is 1.04 bits per heavy atom. The number of ether oxygens (including phenoxy) is 2. The molecule has 1 N–H and O–H groups in total. The highest BCUT2D eigenvalue weighted by molar-refractivity contribution is 5.81. The first-order valence-electron chi connectivity index (χ1n) is 8.21. The predicted octanol–water partition coefficient (Wildman–Crippen LogP) is 4.04. The molecule has 2 aromatic rings. The smallest absolute Gasteiger partial charge is 0.261 e. The van der Waals surface area contributed by atoms with Crippen molar-refractivity contribution in [3.8, 4) is 11.5 Å². The monoisotopic (exact) mass is 327 g/mol. The summed E-state index contributed by atoms with van der Waals surface area (Å²) >= 11 is 0. The normalized spacial score (nSPS) is 13.0. The number of aryl methyl sites for hydroxylation is 1. The maximum Gasteiger partial charge on any atom is 0.261 e. The molecule has 4 nitrogen and oxygen atoms in total. The minimum absolute atomic E-state index is 0.0981. The lowest BCUT2D eigenvalue weighted by molar-refractivity contribution is -0.128. The SMILES string of the molecule is CCC(Oc1ccc(C)cc1)C(=O)NC(C)c1ccc(OC)cc1. The average molecular weight is 327 g/mol. The minimum Gasteiger partial charge on any atom is -0.497 e. The summed E-state index contributed by atoms with van der Waals surface area (Å²) < 4.78 is 11.0. The van der Waals surface area contributed by atoms with Crippen molar-refractivity contribution in [2.75, 3.05) is 7.11 Å². The molecule has 1 amide bonds. The van der Waals surface area contributed by atoms with E-state index in [0.717, 1.165) is 16.9 Å². The quantitative estimate of drug-likeness (QED) is 0.835. The second-order valence-electron chi connectivity index (χ2n) is 5.83. The number of carbonyl (C=O) groups excluding carboxylic acids is 1. The van der Waals surface area contributed by atoms with Gasteiger partial charge in [-0.25, -0.2) is 0 Å². The van der Waals surface area contributed by atoms with Gasteiger partial charge in [0.1, 0.15) is 11.5 Å². The van der Waals surface area contributed by atoms with Gasteiger partial charge in [-0.1, -0.05) is 36.8 Å². The van der Waals surface area contributed by atoms with Crippen molar-refractivity contribution in [2.24, 2.45) is 0 Å². The van der Waals surface area contributed by atoms with Crippen molar-refractivity contribution in [3.05, 3.63) is 59.7 Å². The van der Waals surface area contributed by atoms with E-state index in [1.807, 2.05) is 69.3 Å². The van der Waals surface area contributed by atoms with Gasteiger partial charge in [0.2, 0.25) is 0 Å². The molecule has 2 atom stereocenters. The highest BCUT2D eigenvalue weighted by atomic mass is 16.5. The van der Waals surface area contributed by atoms with Crippen LogP contribution in [-0.2, 0) is 4.79 Å². The molecule has 2 aromatic carbocycles. The topological polar surface area (TPSA) is 47.6 Å². The highest BCUT2D eigenvalue weighted by Gasteiger charge is 2.20. The Kier molecular flexibility index (Phi) is 6.24. The van der Waals surface area contributed by atoms with Gasteiger partial charge in [0, 0.05) is 0 Å². The first kappa shape index (κ1) is 17.9. The number of methoxy groups -OCH3 is 1. The summed E-state index contributed by atoms with van der Waals surface area (Å²) in [6.07, 6.45) is 0.100. The summed E-state index contributed by atoms with van der Waals surface area (Å²) in [7, 11) is 1.63. The van der Waals surface area contributed by atoms with Crippen LogP contribution < -0.4 is 14.8 Å². The van der Waals surface area contributed by atoms with Gasteiger partial charge in [-0.2, -0.15) is 0 Å². The Morgan fingerprint density at radius 2 is 1.62 bits per heavy atom. The van der Waals surface area contributed by atoms with Crippen molar-refractivity contribution in [1.29, 1.82) is 0 Å². The number of rotatable bonds is 7. The van der Waals surface area contributed by atoms with Gasteiger partial charge in [0.25, 0.3) is 5.91 Å². The molecule has 0 fully saturated rings. The van der Waals surface area contributed by atoms with Crippen LogP contribution >= 0.6 is 0 Å². The second-order valence-corrected chi connectivity index (χ2v) is 5.83. The third-order valence-corrected chi connectivity index (χ3v) is 3.94. The third-order valence-electron chi connectivity index (χ3n) is 3.94. The zero-order chi connectivity index (χ0) is 17.5. The van der Waals surface area contributed by atoms with Crippen molar-refractivity contribution in [2.45, 2.75) is 39.3 Å². The van der Waals surface area contributed by atoms with Crippen LogP contribution in [0.3, 0.4) is 0 Å². The van der Waals surface area contributed by atoms with E-state index in [-0.39, 0.29) is 11.9 Å².